The summed E-state index contributed by atoms with van der Waals surface area (Å²) in [5, 5.41) is 9.64. The molecule has 0 radical (unpaired) electrons. The zero-order valence-electron chi connectivity index (χ0n) is 13.6. The minimum Gasteiger partial charge on any atom is -0.390 e. The largest absolute Gasteiger partial charge is 0.390 e. The molecule has 2 heteroatoms. The Bertz CT molecular complexity index is 206. The molecule has 0 aliphatic carbocycles. The van der Waals surface area contributed by atoms with Gasteiger partial charge in [0, 0.05) is 6.61 Å². The quantitative estimate of drug-likeness (QED) is 0.469. The number of unbranched alkanes of at least 4 members (excludes halogenated alkanes) is 11. The highest BCUT2D eigenvalue weighted by Crippen LogP contribution is 2.20. The fourth-order valence-electron chi connectivity index (χ4n) is 3.10. The third kappa shape index (κ3) is 8.97. The molecule has 0 aromatic rings. The Hall–Kier alpha value is -0.0800. The molecule has 0 amide bonds. The Morgan fingerprint density at radius 2 is 1.30 bits per heavy atom. The van der Waals surface area contributed by atoms with Crippen molar-refractivity contribution in [3.8, 4) is 0 Å². The lowest BCUT2D eigenvalue weighted by atomic mass is 10.0. The maximum absolute atomic E-state index is 9.64. The van der Waals surface area contributed by atoms with Gasteiger partial charge < -0.3 is 9.84 Å². The van der Waals surface area contributed by atoms with Gasteiger partial charge in [0.05, 0.1) is 12.2 Å². The fraction of sp³-hybridized carbons (Fsp3) is 1.00. The molecular formula is C18H36O2. The third-order valence-electron chi connectivity index (χ3n) is 4.52. The molecule has 1 fully saturated rings. The number of hydrogen-bond donors (Lipinski definition) is 1. The van der Waals surface area contributed by atoms with E-state index >= 15 is 0 Å². The summed E-state index contributed by atoms with van der Waals surface area (Å²) in [5.74, 6) is 0. The zero-order valence-corrected chi connectivity index (χ0v) is 13.6. The molecule has 0 aromatic carbocycles. The van der Waals surface area contributed by atoms with Gasteiger partial charge >= 0.3 is 0 Å². The van der Waals surface area contributed by atoms with Gasteiger partial charge in [-0.15, -0.1) is 0 Å². The Labute approximate surface area is 126 Å². The zero-order chi connectivity index (χ0) is 14.5. The van der Waals surface area contributed by atoms with Crippen molar-refractivity contribution in [3.63, 3.8) is 0 Å². The maximum atomic E-state index is 9.64. The minimum atomic E-state index is -0.192. The van der Waals surface area contributed by atoms with E-state index in [0.29, 0.717) is 0 Å². The summed E-state index contributed by atoms with van der Waals surface area (Å²) in [4.78, 5) is 0. The van der Waals surface area contributed by atoms with Crippen LogP contribution in [0.2, 0.25) is 0 Å². The lowest BCUT2D eigenvalue weighted by molar-refractivity contribution is 0.0352. The second-order valence-corrected chi connectivity index (χ2v) is 6.44. The van der Waals surface area contributed by atoms with Gasteiger partial charge in [-0.05, 0) is 12.8 Å². The van der Waals surface area contributed by atoms with Crippen molar-refractivity contribution in [1.29, 1.82) is 0 Å². The highest BCUT2D eigenvalue weighted by atomic mass is 16.5. The van der Waals surface area contributed by atoms with E-state index in [-0.39, 0.29) is 12.2 Å². The summed E-state index contributed by atoms with van der Waals surface area (Å²) in [6.45, 7) is 3.03. The Balaban J connectivity index is 1.72. The van der Waals surface area contributed by atoms with E-state index in [9.17, 15) is 5.11 Å². The van der Waals surface area contributed by atoms with Crippen molar-refractivity contribution in [2.45, 2.75) is 109 Å². The molecule has 2 nitrogen and oxygen atoms in total. The van der Waals surface area contributed by atoms with Crippen molar-refractivity contribution in [2.24, 2.45) is 0 Å². The summed E-state index contributed by atoms with van der Waals surface area (Å²) < 4.78 is 5.52. The molecule has 0 spiro atoms. The van der Waals surface area contributed by atoms with Crippen LogP contribution in [0, 0.1) is 0 Å². The van der Waals surface area contributed by atoms with E-state index in [0.717, 1.165) is 19.4 Å². The Kier molecular flexibility index (Phi) is 11.4. The molecule has 1 heterocycles. The van der Waals surface area contributed by atoms with Gasteiger partial charge in [0.1, 0.15) is 0 Å². The maximum Gasteiger partial charge on any atom is 0.0834 e. The highest BCUT2D eigenvalue weighted by molar-refractivity contribution is 4.74. The van der Waals surface area contributed by atoms with E-state index in [4.69, 9.17) is 4.74 Å². The summed E-state index contributed by atoms with van der Waals surface area (Å²) in [7, 11) is 0. The molecule has 0 bridgehead atoms. The first-order valence-electron chi connectivity index (χ1n) is 9.14. The fourth-order valence-corrected chi connectivity index (χ4v) is 3.10. The average molecular weight is 284 g/mol. The SMILES string of the molecule is CCCCCCCCCCCCCC[C@@H]1OCC[C@@H]1O. The average Bonchev–Trinajstić information content (AvgIpc) is 2.85. The van der Waals surface area contributed by atoms with Crippen LogP contribution in [0.4, 0.5) is 0 Å². The van der Waals surface area contributed by atoms with Gasteiger partial charge in [-0.1, -0.05) is 84.0 Å². The predicted octanol–water partition coefficient (Wildman–Crippen LogP) is 5.23. The van der Waals surface area contributed by atoms with E-state index < -0.39 is 0 Å². The van der Waals surface area contributed by atoms with Gasteiger partial charge in [0.2, 0.25) is 0 Å². The molecule has 120 valence electrons. The summed E-state index contributed by atoms with van der Waals surface area (Å²) >= 11 is 0. The van der Waals surface area contributed by atoms with E-state index in [1.807, 2.05) is 0 Å². The number of ether oxygens (including phenoxy) is 1. The van der Waals surface area contributed by atoms with Gasteiger partial charge in [-0.25, -0.2) is 0 Å². The molecule has 1 saturated heterocycles. The Morgan fingerprint density at radius 3 is 1.75 bits per heavy atom. The first-order chi connectivity index (χ1) is 9.84. The first kappa shape index (κ1) is 18.0. The van der Waals surface area contributed by atoms with Crippen molar-refractivity contribution >= 4 is 0 Å². The van der Waals surface area contributed by atoms with Crippen LogP contribution in [0.5, 0.6) is 0 Å². The third-order valence-corrected chi connectivity index (χ3v) is 4.52. The lowest BCUT2D eigenvalue weighted by Gasteiger charge is -2.12. The van der Waals surface area contributed by atoms with E-state index in [1.54, 1.807) is 0 Å². The van der Waals surface area contributed by atoms with Crippen LogP contribution in [0.25, 0.3) is 0 Å². The summed E-state index contributed by atoms with van der Waals surface area (Å²) in [5.41, 5.74) is 0. The summed E-state index contributed by atoms with van der Waals surface area (Å²) in [6, 6.07) is 0. The predicted molar refractivity (Wildman–Crippen MR) is 86.1 cm³/mol. The van der Waals surface area contributed by atoms with E-state index in [2.05, 4.69) is 6.92 Å². The van der Waals surface area contributed by atoms with Crippen LogP contribution >= 0.6 is 0 Å². The Morgan fingerprint density at radius 1 is 0.800 bits per heavy atom. The van der Waals surface area contributed by atoms with Crippen molar-refractivity contribution in [1.82, 2.24) is 0 Å². The standard InChI is InChI=1S/C18H36O2/c1-2-3-4-5-6-7-8-9-10-11-12-13-14-18-17(19)15-16-20-18/h17-19H,2-16H2,1H3/t17-,18-/m0/s1. The van der Waals surface area contributed by atoms with Crippen LogP contribution in [0.3, 0.4) is 0 Å². The second kappa shape index (κ2) is 12.6. The van der Waals surface area contributed by atoms with Crippen LogP contribution in [0.15, 0.2) is 0 Å². The van der Waals surface area contributed by atoms with Gasteiger partial charge in [0.15, 0.2) is 0 Å². The highest BCUT2D eigenvalue weighted by Gasteiger charge is 2.24. The topological polar surface area (TPSA) is 29.5 Å². The molecule has 20 heavy (non-hydrogen) atoms. The molecule has 1 rings (SSSR count). The first-order valence-corrected chi connectivity index (χ1v) is 9.14. The van der Waals surface area contributed by atoms with Crippen LogP contribution in [0.1, 0.15) is 96.8 Å². The normalized spacial score (nSPS) is 22.5. The smallest absolute Gasteiger partial charge is 0.0834 e. The van der Waals surface area contributed by atoms with Crippen molar-refractivity contribution < 1.29 is 9.84 Å². The molecule has 1 aliphatic heterocycles. The van der Waals surface area contributed by atoms with E-state index in [1.165, 1.54) is 77.0 Å². The molecule has 1 N–H and O–H groups in total. The van der Waals surface area contributed by atoms with Crippen molar-refractivity contribution in [3.05, 3.63) is 0 Å². The molecule has 0 saturated carbocycles. The number of hydrogen-bond acceptors (Lipinski definition) is 2. The second-order valence-electron chi connectivity index (χ2n) is 6.44. The minimum absolute atomic E-state index is 0.137. The summed E-state index contributed by atoms with van der Waals surface area (Å²) in [6.07, 6.45) is 18.5. The molecular weight excluding hydrogens is 248 g/mol. The molecule has 0 aromatic heterocycles. The molecule has 2 atom stereocenters. The van der Waals surface area contributed by atoms with Gasteiger partial charge in [-0.2, -0.15) is 0 Å². The lowest BCUT2D eigenvalue weighted by Crippen LogP contribution is -2.20. The molecule has 0 unspecified atom stereocenters. The molecule has 1 aliphatic rings. The monoisotopic (exact) mass is 284 g/mol. The number of rotatable bonds is 13. The van der Waals surface area contributed by atoms with Crippen LogP contribution < -0.4 is 0 Å². The van der Waals surface area contributed by atoms with Crippen LogP contribution in [-0.2, 0) is 4.74 Å². The van der Waals surface area contributed by atoms with Gasteiger partial charge in [-0.3, -0.25) is 0 Å². The van der Waals surface area contributed by atoms with Crippen molar-refractivity contribution in [2.75, 3.05) is 6.61 Å². The van der Waals surface area contributed by atoms with Gasteiger partial charge in [0.25, 0.3) is 0 Å². The number of aliphatic hydroxyl groups excluding tert-OH is 1. The number of aliphatic hydroxyl groups is 1. The van der Waals surface area contributed by atoms with Crippen LogP contribution in [-0.4, -0.2) is 23.9 Å².